The molecular weight excluding hydrogens is 256 g/mol. The maximum atomic E-state index is 11.0. The number of carbonyl (C=O) groups is 1. The first-order valence-electron chi connectivity index (χ1n) is 7.02. The van der Waals surface area contributed by atoms with Crippen molar-refractivity contribution in [2.75, 3.05) is 6.54 Å². The van der Waals surface area contributed by atoms with Crippen LogP contribution in [-0.2, 0) is 11.3 Å². The van der Waals surface area contributed by atoms with Gasteiger partial charge in [-0.1, -0.05) is 25.0 Å². The molecule has 106 valence electrons. The van der Waals surface area contributed by atoms with Crippen LogP contribution < -0.4 is 0 Å². The maximum Gasteiger partial charge on any atom is 0.317 e. The Kier molecular flexibility index (Phi) is 3.69. The highest BCUT2D eigenvalue weighted by atomic mass is 16.4. The van der Waals surface area contributed by atoms with Crippen LogP contribution in [0, 0.1) is 0 Å². The lowest BCUT2D eigenvalue weighted by Crippen LogP contribution is -2.37. The highest BCUT2D eigenvalue weighted by Crippen LogP contribution is 2.25. The number of hydrogen-bond donors (Lipinski definition) is 1. The number of rotatable bonds is 5. The predicted molar refractivity (Wildman–Crippen MR) is 74.3 cm³/mol. The van der Waals surface area contributed by atoms with Gasteiger partial charge in [0.25, 0.3) is 0 Å². The molecule has 5 nitrogen and oxygen atoms in total. The molecule has 1 aromatic heterocycles. The third kappa shape index (κ3) is 2.82. The van der Waals surface area contributed by atoms with Crippen LogP contribution in [0.15, 0.2) is 28.7 Å². The van der Waals surface area contributed by atoms with Crippen molar-refractivity contribution >= 4 is 17.1 Å². The van der Waals surface area contributed by atoms with Crippen molar-refractivity contribution in [2.24, 2.45) is 0 Å². The fourth-order valence-corrected chi connectivity index (χ4v) is 2.92. The van der Waals surface area contributed by atoms with E-state index in [0.717, 1.165) is 23.9 Å². The van der Waals surface area contributed by atoms with E-state index in [9.17, 15) is 4.79 Å². The monoisotopic (exact) mass is 274 g/mol. The fraction of sp³-hybridized carbons (Fsp3) is 0.467. The summed E-state index contributed by atoms with van der Waals surface area (Å²) in [5.74, 6) is -0.202. The molecule has 0 spiro atoms. The molecule has 1 aliphatic rings. The Morgan fingerprint density at radius 1 is 1.35 bits per heavy atom. The summed E-state index contributed by atoms with van der Waals surface area (Å²) in [6.07, 6.45) is 4.48. The molecule has 1 fully saturated rings. The molecule has 0 atom stereocenters. The number of fused-ring (bicyclic) bond motifs is 1. The number of carboxylic acids is 1. The van der Waals surface area contributed by atoms with E-state index >= 15 is 0 Å². The molecule has 0 radical (unpaired) electrons. The van der Waals surface area contributed by atoms with Crippen molar-refractivity contribution in [2.45, 2.75) is 38.3 Å². The van der Waals surface area contributed by atoms with Gasteiger partial charge in [-0.3, -0.25) is 9.69 Å². The van der Waals surface area contributed by atoms with Crippen LogP contribution in [-0.4, -0.2) is 33.5 Å². The zero-order valence-electron chi connectivity index (χ0n) is 11.3. The number of aliphatic carboxylic acids is 1. The van der Waals surface area contributed by atoms with E-state index in [2.05, 4.69) is 4.98 Å². The lowest BCUT2D eigenvalue weighted by atomic mass is 10.2. The second-order valence-corrected chi connectivity index (χ2v) is 5.31. The number of benzene rings is 1. The van der Waals surface area contributed by atoms with Gasteiger partial charge in [0.2, 0.25) is 5.89 Å². The third-order valence-corrected chi connectivity index (χ3v) is 3.86. The summed E-state index contributed by atoms with van der Waals surface area (Å²) in [6, 6.07) is 7.94. The van der Waals surface area contributed by atoms with Gasteiger partial charge in [-0.05, 0) is 25.0 Å². The topological polar surface area (TPSA) is 66.6 Å². The Bertz CT molecular complexity index is 569. The third-order valence-electron chi connectivity index (χ3n) is 3.86. The second-order valence-electron chi connectivity index (χ2n) is 5.31. The Morgan fingerprint density at radius 2 is 2.10 bits per heavy atom. The van der Waals surface area contributed by atoms with Crippen molar-refractivity contribution in [1.82, 2.24) is 9.88 Å². The smallest absolute Gasteiger partial charge is 0.317 e. The Hall–Kier alpha value is -1.88. The van der Waals surface area contributed by atoms with E-state index in [1.165, 1.54) is 12.8 Å². The van der Waals surface area contributed by atoms with E-state index in [1.807, 2.05) is 29.2 Å². The number of para-hydroxylation sites is 2. The van der Waals surface area contributed by atoms with Crippen LogP contribution in [0.1, 0.15) is 31.6 Å². The summed E-state index contributed by atoms with van der Waals surface area (Å²) in [5, 5.41) is 9.07. The Morgan fingerprint density at radius 3 is 2.80 bits per heavy atom. The van der Waals surface area contributed by atoms with E-state index in [-0.39, 0.29) is 6.54 Å². The summed E-state index contributed by atoms with van der Waals surface area (Å²) < 4.78 is 5.69. The molecule has 0 aliphatic heterocycles. The maximum absolute atomic E-state index is 11.0. The molecule has 0 unspecified atom stereocenters. The van der Waals surface area contributed by atoms with Gasteiger partial charge in [-0.15, -0.1) is 0 Å². The van der Waals surface area contributed by atoms with Crippen LogP contribution in [0.3, 0.4) is 0 Å². The average molecular weight is 274 g/mol. The zero-order valence-corrected chi connectivity index (χ0v) is 11.3. The number of hydrogen-bond acceptors (Lipinski definition) is 4. The molecule has 0 bridgehead atoms. The molecule has 5 heteroatoms. The highest BCUT2D eigenvalue weighted by Gasteiger charge is 2.25. The average Bonchev–Trinajstić information content (AvgIpc) is 3.06. The van der Waals surface area contributed by atoms with Crippen LogP contribution in [0.5, 0.6) is 0 Å². The quantitative estimate of drug-likeness (QED) is 0.908. The van der Waals surface area contributed by atoms with Crippen molar-refractivity contribution < 1.29 is 14.3 Å². The molecule has 1 N–H and O–H groups in total. The standard InChI is InChI=1S/C15H18N2O3/c18-15(19)10-17(11-5-1-2-6-11)9-14-16-12-7-3-4-8-13(12)20-14/h3-4,7-8,11H,1-2,5-6,9-10H2,(H,18,19). The fourth-order valence-electron chi connectivity index (χ4n) is 2.92. The van der Waals surface area contributed by atoms with Crippen LogP contribution in [0.2, 0.25) is 0 Å². The summed E-state index contributed by atoms with van der Waals surface area (Å²) >= 11 is 0. The number of oxazole rings is 1. The largest absolute Gasteiger partial charge is 0.480 e. The summed E-state index contributed by atoms with van der Waals surface area (Å²) in [4.78, 5) is 17.4. The lowest BCUT2D eigenvalue weighted by molar-refractivity contribution is -0.139. The normalized spacial score (nSPS) is 16.2. The Labute approximate surface area is 117 Å². The van der Waals surface area contributed by atoms with Gasteiger partial charge < -0.3 is 9.52 Å². The lowest BCUT2D eigenvalue weighted by Gasteiger charge is -2.25. The van der Waals surface area contributed by atoms with Gasteiger partial charge in [0, 0.05) is 6.04 Å². The van der Waals surface area contributed by atoms with Gasteiger partial charge >= 0.3 is 5.97 Å². The zero-order chi connectivity index (χ0) is 13.9. The molecule has 2 aromatic rings. The molecule has 0 saturated heterocycles. The Balaban J connectivity index is 1.78. The van der Waals surface area contributed by atoms with Gasteiger partial charge in [0.1, 0.15) is 5.52 Å². The number of nitrogens with zero attached hydrogens (tertiary/aromatic N) is 2. The molecule has 1 aromatic carbocycles. The first-order valence-corrected chi connectivity index (χ1v) is 7.02. The molecule has 3 rings (SSSR count). The van der Waals surface area contributed by atoms with Crippen molar-refractivity contribution in [3.8, 4) is 0 Å². The van der Waals surface area contributed by atoms with Gasteiger partial charge in [-0.25, -0.2) is 4.98 Å². The van der Waals surface area contributed by atoms with Gasteiger partial charge in [-0.2, -0.15) is 0 Å². The highest BCUT2D eigenvalue weighted by molar-refractivity contribution is 5.72. The first-order chi connectivity index (χ1) is 9.72. The summed E-state index contributed by atoms with van der Waals surface area (Å²) in [7, 11) is 0. The summed E-state index contributed by atoms with van der Waals surface area (Å²) in [6.45, 7) is 0.509. The van der Waals surface area contributed by atoms with Gasteiger partial charge in [0.05, 0.1) is 13.1 Å². The molecule has 0 amide bonds. The number of aromatic nitrogens is 1. The second kappa shape index (κ2) is 5.63. The van der Waals surface area contributed by atoms with E-state index < -0.39 is 5.97 Å². The van der Waals surface area contributed by atoms with Crippen LogP contribution >= 0.6 is 0 Å². The van der Waals surface area contributed by atoms with Crippen molar-refractivity contribution in [1.29, 1.82) is 0 Å². The minimum Gasteiger partial charge on any atom is -0.480 e. The van der Waals surface area contributed by atoms with Crippen LogP contribution in [0.25, 0.3) is 11.1 Å². The first kappa shape index (κ1) is 13.1. The van der Waals surface area contributed by atoms with Crippen molar-refractivity contribution in [3.05, 3.63) is 30.2 Å². The van der Waals surface area contributed by atoms with Gasteiger partial charge in [0.15, 0.2) is 5.58 Å². The van der Waals surface area contributed by atoms with E-state index in [0.29, 0.717) is 18.5 Å². The van der Waals surface area contributed by atoms with Crippen LogP contribution in [0.4, 0.5) is 0 Å². The SMILES string of the molecule is O=C(O)CN(Cc1nc2ccccc2o1)C1CCCC1. The molecule has 1 saturated carbocycles. The van der Waals surface area contributed by atoms with Crippen molar-refractivity contribution in [3.63, 3.8) is 0 Å². The number of carboxylic acid groups (broad SMARTS) is 1. The summed E-state index contributed by atoms with van der Waals surface area (Å²) in [5.41, 5.74) is 1.58. The molecule has 20 heavy (non-hydrogen) atoms. The molecule has 1 aliphatic carbocycles. The van der Waals surface area contributed by atoms with E-state index in [1.54, 1.807) is 0 Å². The minimum atomic E-state index is -0.798. The molecule has 1 heterocycles. The predicted octanol–water partition coefficient (Wildman–Crippen LogP) is 2.66. The molecular formula is C15H18N2O3. The van der Waals surface area contributed by atoms with E-state index in [4.69, 9.17) is 9.52 Å². The minimum absolute atomic E-state index is 0.0450.